The number of fused-ring (bicyclic) bond motifs is 1. The predicted molar refractivity (Wildman–Crippen MR) is 162 cm³/mol. The van der Waals surface area contributed by atoms with E-state index in [2.05, 4.69) is 77.7 Å². The van der Waals surface area contributed by atoms with Crippen molar-refractivity contribution in [3.63, 3.8) is 0 Å². The third-order valence-corrected chi connectivity index (χ3v) is 8.15. The van der Waals surface area contributed by atoms with Crippen molar-refractivity contribution in [3.05, 3.63) is 139 Å². The van der Waals surface area contributed by atoms with Crippen LogP contribution >= 0.6 is 0 Å². The van der Waals surface area contributed by atoms with Crippen LogP contribution in [0.5, 0.6) is 0 Å². The number of para-hydroxylation sites is 3. The molecule has 0 radical (unpaired) electrons. The summed E-state index contributed by atoms with van der Waals surface area (Å²) >= 11 is 0. The van der Waals surface area contributed by atoms with Gasteiger partial charge in [-0.15, -0.1) is 0 Å². The Morgan fingerprint density at radius 1 is 0.538 bits per heavy atom. The van der Waals surface area contributed by atoms with E-state index in [4.69, 9.17) is 0 Å². The van der Waals surface area contributed by atoms with Gasteiger partial charge in [-0.3, -0.25) is 0 Å². The lowest BCUT2D eigenvalue weighted by Gasteiger charge is -2.28. The zero-order valence-corrected chi connectivity index (χ0v) is 21.3. The monoisotopic (exact) mass is 504 g/mol. The molecule has 0 amide bonds. The first-order valence-electron chi connectivity index (χ1n) is 13.4. The Balaban J connectivity index is 1.41. The van der Waals surface area contributed by atoms with Crippen LogP contribution in [-0.4, -0.2) is 6.54 Å². The molecule has 1 heterocycles. The molecule has 8 rings (SSSR count). The second-order valence-corrected chi connectivity index (χ2v) is 10.2. The van der Waals surface area contributed by atoms with Crippen LogP contribution in [0.4, 0.5) is 32.8 Å². The van der Waals surface area contributed by atoms with Crippen LogP contribution in [0.3, 0.4) is 0 Å². The number of hydrogen-bond donors (Lipinski definition) is 0. The van der Waals surface area contributed by atoms with E-state index in [0.29, 0.717) is 5.69 Å². The van der Waals surface area contributed by atoms with E-state index in [-0.39, 0.29) is 5.82 Å². The third kappa shape index (κ3) is 3.33. The molecule has 0 spiro atoms. The molecule has 0 unspecified atom stereocenters. The van der Waals surface area contributed by atoms with Gasteiger partial charge in [0.15, 0.2) is 0 Å². The molecule has 39 heavy (non-hydrogen) atoms. The van der Waals surface area contributed by atoms with Crippen molar-refractivity contribution in [2.24, 2.45) is 0 Å². The summed E-state index contributed by atoms with van der Waals surface area (Å²) in [5.41, 5.74) is 6.35. The molecule has 1 aliphatic rings. The summed E-state index contributed by atoms with van der Waals surface area (Å²) in [4.78, 5) is 4.50. The Labute approximate surface area is 226 Å². The highest BCUT2D eigenvalue weighted by molar-refractivity contribution is 6.28. The molecule has 2 nitrogen and oxygen atoms in total. The molecular formula is C36H25FN2. The highest BCUT2D eigenvalue weighted by Gasteiger charge is 2.24. The van der Waals surface area contributed by atoms with Gasteiger partial charge in [-0.05, 0) is 76.0 Å². The third-order valence-electron chi connectivity index (χ3n) is 8.15. The summed E-state index contributed by atoms with van der Waals surface area (Å²) in [6.45, 7) is 0.976. The van der Waals surface area contributed by atoms with Gasteiger partial charge in [-0.1, -0.05) is 84.9 Å². The van der Waals surface area contributed by atoms with E-state index >= 15 is 4.39 Å². The van der Waals surface area contributed by atoms with E-state index < -0.39 is 0 Å². The van der Waals surface area contributed by atoms with Gasteiger partial charge in [0.05, 0.1) is 11.4 Å². The van der Waals surface area contributed by atoms with Crippen molar-refractivity contribution in [2.75, 3.05) is 16.3 Å². The normalized spacial score (nSPS) is 13.0. The number of benzene rings is 7. The van der Waals surface area contributed by atoms with E-state index in [1.165, 1.54) is 49.9 Å². The summed E-state index contributed by atoms with van der Waals surface area (Å²) in [6.07, 6.45) is 1.05. The van der Waals surface area contributed by atoms with Crippen molar-refractivity contribution in [2.45, 2.75) is 6.42 Å². The number of anilines is 5. The Hall–Kier alpha value is -4.89. The standard InChI is InChI=1S/C36H25FN2/c37-30-11-5-7-13-34(30)39(27-9-2-1-3-10-27)33-21-17-26-14-18-28-32(38-23-22-24-8-4-6-12-31(24)38)20-16-25-15-19-29(33)36(26)35(25)28/h1-21H,22-23H2. The van der Waals surface area contributed by atoms with Gasteiger partial charge in [0.2, 0.25) is 0 Å². The summed E-state index contributed by atoms with van der Waals surface area (Å²) in [5, 5.41) is 7.23. The minimum atomic E-state index is -0.248. The van der Waals surface area contributed by atoms with Gasteiger partial charge in [0.1, 0.15) is 5.82 Å². The topological polar surface area (TPSA) is 6.48 Å². The van der Waals surface area contributed by atoms with Crippen LogP contribution in [-0.2, 0) is 6.42 Å². The van der Waals surface area contributed by atoms with Crippen LogP contribution in [0.25, 0.3) is 32.3 Å². The van der Waals surface area contributed by atoms with Crippen molar-refractivity contribution in [1.29, 1.82) is 0 Å². The molecule has 7 aromatic rings. The van der Waals surface area contributed by atoms with Crippen LogP contribution in [0.2, 0.25) is 0 Å². The average Bonchev–Trinajstić information content (AvgIpc) is 3.42. The Kier molecular flexibility index (Phi) is 4.86. The van der Waals surface area contributed by atoms with Gasteiger partial charge in [-0.2, -0.15) is 0 Å². The molecule has 3 heteroatoms. The number of halogens is 1. The van der Waals surface area contributed by atoms with Gasteiger partial charge >= 0.3 is 0 Å². The van der Waals surface area contributed by atoms with Crippen molar-refractivity contribution >= 4 is 60.8 Å². The summed E-state index contributed by atoms with van der Waals surface area (Å²) in [5.74, 6) is -0.248. The van der Waals surface area contributed by atoms with Crippen molar-refractivity contribution in [3.8, 4) is 0 Å². The maximum absolute atomic E-state index is 15.3. The fraction of sp³-hybridized carbons (Fsp3) is 0.0556. The largest absolute Gasteiger partial charge is 0.340 e. The summed E-state index contributed by atoms with van der Waals surface area (Å²) < 4.78 is 15.3. The molecule has 186 valence electrons. The first-order valence-corrected chi connectivity index (χ1v) is 13.4. The minimum absolute atomic E-state index is 0.248. The molecule has 0 aromatic heterocycles. The van der Waals surface area contributed by atoms with Gasteiger partial charge in [-0.25, -0.2) is 4.39 Å². The van der Waals surface area contributed by atoms with Gasteiger partial charge < -0.3 is 9.80 Å². The Bertz CT molecular complexity index is 2000. The van der Waals surface area contributed by atoms with Crippen LogP contribution in [0.15, 0.2) is 127 Å². The van der Waals surface area contributed by atoms with Crippen molar-refractivity contribution < 1.29 is 4.39 Å². The smallest absolute Gasteiger partial charge is 0.147 e. The molecule has 0 aliphatic carbocycles. The molecule has 0 bridgehead atoms. The Morgan fingerprint density at radius 2 is 1.21 bits per heavy atom. The van der Waals surface area contributed by atoms with E-state index in [9.17, 15) is 0 Å². The van der Waals surface area contributed by atoms with Gasteiger partial charge in [0.25, 0.3) is 0 Å². The number of nitrogens with zero attached hydrogens (tertiary/aromatic N) is 2. The molecule has 0 saturated heterocycles. The maximum Gasteiger partial charge on any atom is 0.147 e. The molecule has 7 aromatic carbocycles. The van der Waals surface area contributed by atoms with E-state index in [0.717, 1.165) is 29.7 Å². The molecule has 0 N–H and O–H groups in total. The zero-order valence-electron chi connectivity index (χ0n) is 21.3. The molecular weight excluding hydrogens is 479 g/mol. The lowest BCUT2D eigenvalue weighted by molar-refractivity contribution is 0.629. The van der Waals surface area contributed by atoms with Crippen LogP contribution in [0.1, 0.15) is 5.56 Å². The highest BCUT2D eigenvalue weighted by atomic mass is 19.1. The van der Waals surface area contributed by atoms with E-state index in [1.54, 1.807) is 6.07 Å². The summed E-state index contributed by atoms with van der Waals surface area (Å²) in [6, 6.07) is 43.5. The first-order chi connectivity index (χ1) is 19.3. The van der Waals surface area contributed by atoms with E-state index in [1.807, 2.05) is 47.4 Å². The number of rotatable bonds is 4. The highest BCUT2D eigenvalue weighted by Crippen LogP contribution is 2.47. The lowest BCUT2D eigenvalue weighted by atomic mass is 9.92. The minimum Gasteiger partial charge on any atom is -0.340 e. The van der Waals surface area contributed by atoms with Crippen LogP contribution < -0.4 is 9.80 Å². The lowest BCUT2D eigenvalue weighted by Crippen LogP contribution is -2.14. The SMILES string of the molecule is Fc1ccccc1N(c1ccccc1)c1ccc2ccc3c(N4CCc5ccccc54)ccc4ccc1c2c43. The molecule has 1 aliphatic heterocycles. The molecule has 0 fully saturated rings. The quantitative estimate of drug-likeness (QED) is 0.220. The van der Waals surface area contributed by atoms with Crippen LogP contribution in [0, 0.1) is 5.82 Å². The Morgan fingerprint density at radius 3 is 2.05 bits per heavy atom. The second-order valence-electron chi connectivity index (χ2n) is 10.2. The molecule has 0 saturated carbocycles. The fourth-order valence-electron chi connectivity index (χ4n) is 6.41. The summed E-state index contributed by atoms with van der Waals surface area (Å²) in [7, 11) is 0. The second kappa shape index (κ2) is 8.57. The zero-order chi connectivity index (χ0) is 25.9. The van der Waals surface area contributed by atoms with Gasteiger partial charge in [0, 0.05) is 34.4 Å². The predicted octanol–water partition coefficient (Wildman–Crippen LogP) is 9.89. The molecule has 0 atom stereocenters. The average molecular weight is 505 g/mol. The fourth-order valence-corrected chi connectivity index (χ4v) is 6.41. The first kappa shape index (κ1) is 22.1. The number of hydrogen-bond acceptors (Lipinski definition) is 2. The maximum atomic E-state index is 15.3. The van der Waals surface area contributed by atoms with Crippen molar-refractivity contribution in [1.82, 2.24) is 0 Å².